The molecule has 0 aliphatic heterocycles. The molecule has 0 aliphatic rings. The second kappa shape index (κ2) is 6.02. The SMILES string of the molecule is Cc1ccc2[nH]c(=O)c(Cc3c(O)c4cc(C)ccc4[nH]c3=O)c(O)c2c1. The highest BCUT2D eigenvalue weighted by Crippen LogP contribution is 2.31. The summed E-state index contributed by atoms with van der Waals surface area (Å²) in [5.74, 6) is -0.360. The van der Waals surface area contributed by atoms with Gasteiger partial charge in [-0.25, -0.2) is 0 Å². The summed E-state index contributed by atoms with van der Waals surface area (Å²) in [5, 5.41) is 22.3. The fourth-order valence-electron chi connectivity index (χ4n) is 3.37. The zero-order valence-electron chi connectivity index (χ0n) is 14.9. The van der Waals surface area contributed by atoms with Gasteiger partial charge in [-0.3, -0.25) is 9.59 Å². The van der Waals surface area contributed by atoms with Crippen LogP contribution >= 0.6 is 0 Å². The van der Waals surface area contributed by atoms with Gasteiger partial charge in [-0.2, -0.15) is 0 Å². The molecule has 0 amide bonds. The number of hydrogen-bond acceptors (Lipinski definition) is 4. The molecule has 0 fully saturated rings. The summed E-state index contributed by atoms with van der Waals surface area (Å²) in [7, 11) is 0. The fraction of sp³-hybridized carbons (Fsp3) is 0.143. The third-order valence-electron chi connectivity index (χ3n) is 4.83. The number of fused-ring (bicyclic) bond motifs is 2. The largest absolute Gasteiger partial charge is 0.507 e. The first-order valence-corrected chi connectivity index (χ1v) is 8.54. The molecule has 0 spiro atoms. The third kappa shape index (κ3) is 2.75. The third-order valence-corrected chi connectivity index (χ3v) is 4.83. The summed E-state index contributed by atoms with van der Waals surface area (Å²) in [6.45, 7) is 3.76. The first-order chi connectivity index (χ1) is 12.8. The minimum absolute atomic E-state index is 0.0425. The van der Waals surface area contributed by atoms with Crippen LogP contribution < -0.4 is 11.1 Å². The topological polar surface area (TPSA) is 106 Å². The lowest BCUT2D eigenvalue weighted by Crippen LogP contribution is -2.19. The molecule has 4 rings (SSSR count). The molecule has 136 valence electrons. The Morgan fingerprint density at radius 3 is 1.56 bits per heavy atom. The number of H-pyrrole nitrogens is 2. The first-order valence-electron chi connectivity index (χ1n) is 8.54. The highest BCUT2D eigenvalue weighted by Gasteiger charge is 2.18. The summed E-state index contributed by atoms with van der Waals surface area (Å²) in [4.78, 5) is 30.4. The summed E-state index contributed by atoms with van der Waals surface area (Å²) >= 11 is 0. The van der Waals surface area contributed by atoms with E-state index >= 15 is 0 Å². The normalized spacial score (nSPS) is 11.3. The Morgan fingerprint density at radius 1 is 0.741 bits per heavy atom. The van der Waals surface area contributed by atoms with E-state index in [1.165, 1.54) is 0 Å². The maximum Gasteiger partial charge on any atom is 0.255 e. The number of nitrogens with one attached hydrogen (secondary N) is 2. The maximum absolute atomic E-state index is 12.5. The van der Waals surface area contributed by atoms with Crippen LogP contribution in [0.25, 0.3) is 21.8 Å². The Kier molecular flexibility index (Phi) is 3.77. The molecule has 0 saturated heterocycles. The van der Waals surface area contributed by atoms with Gasteiger partial charge in [0.1, 0.15) is 11.5 Å². The molecule has 4 aromatic rings. The van der Waals surface area contributed by atoms with E-state index in [0.717, 1.165) is 11.1 Å². The molecule has 27 heavy (non-hydrogen) atoms. The van der Waals surface area contributed by atoms with Crippen molar-refractivity contribution in [2.45, 2.75) is 20.3 Å². The molecule has 6 heteroatoms. The van der Waals surface area contributed by atoms with Crippen LogP contribution in [0.3, 0.4) is 0 Å². The van der Waals surface area contributed by atoms with E-state index in [1.54, 1.807) is 24.3 Å². The Labute approximate surface area is 153 Å². The molecule has 0 aliphatic carbocycles. The Balaban J connectivity index is 1.95. The van der Waals surface area contributed by atoms with Crippen molar-refractivity contribution in [3.63, 3.8) is 0 Å². The van der Waals surface area contributed by atoms with Crippen molar-refractivity contribution in [3.8, 4) is 11.5 Å². The lowest BCUT2D eigenvalue weighted by atomic mass is 10.0. The van der Waals surface area contributed by atoms with Crippen molar-refractivity contribution in [1.82, 2.24) is 9.97 Å². The maximum atomic E-state index is 12.5. The molecule has 4 N–H and O–H groups in total. The quantitative estimate of drug-likeness (QED) is 0.440. The van der Waals surface area contributed by atoms with Gasteiger partial charge < -0.3 is 20.2 Å². The standard InChI is InChI=1S/C21H18N2O4/c1-10-3-5-16-12(7-10)18(24)14(20(26)22-16)9-15-19(25)13-8-11(2)4-6-17(13)23-21(15)27/h3-8H,9H2,1-2H3,(H2,22,24,26)(H2,23,25,27). The Morgan fingerprint density at radius 2 is 1.15 bits per heavy atom. The van der Waals surface area contributed by atoms with Crippen LogP contribution in [-0.2, 0) is 6.42 Å². The first kappa shape index (κ1) is 16.9. The molecule has 6 nitrogen and oxygen atoms in total. The summed E-state index contributed by atoms with van der Waals surface area (Å²) in [6.07, 6.45) is -0.184. The van der Waals surface area contributed by atoms with Gasteiger partial charge in [0, 0.05) is 17.2 Å². The number of aromatic nitrogens is 2. The monoisotopic (exact) mass is 362 g/mol. The van der Waals surface area contributed by atoms with Crippen molar-refractivity contribution in [2.24, 2.45) is 0 Å². The van der Waals surface area contributed by atoms with Crippen LogP contribution in [0.1, 0.15) is 22.3 Å². The number of aromatic hydroxyl groups is 2. The predicted molar refractivity (Wildman–Crippen MR) is 105 cm³/mol. The number of pyridine rings is 2. The predicted octanol–water partition coefficient (Wildman–Crippen LogP) is 2.99. The number of aromatic amines is 2. The van der Waals surface area contributed by atoms with E-state index in [9.17, 15) is 19.8 Å². The molecule has 2 aromatic carbocycles. The zero-order chi connectivity index (χ0) is 19.3. The van der Waals surface area contributed by atoms with Gasteiger partial charge in [0.25, 0.3) is 11.1 Å². The van der Waals surface area contributed by atoms with Crippen LogP contribution in [0.2, 0.25) is 0 Å². The van der Waals surface area contributed by atoms with Gasteiger partial charge in [0.15, 0.2) is 0 Å². The molecule has 0 bridgehead atoms. The van der Waals surface area contributed by atoms with E-state index < -0.39 is 11.1 Å². The van der Waals surface area contributed by atoms with E-state index in [4.69, 9.17) is 0 Å². The second-order valence-corrected chi connectivity index (χ2v) is 6.84. The molecule has 2 heterocycles. The molecule has 2 aromatic heterocycles. The van der Waals surface area contributed by atoms with Crippen molar-refractivity contribution in [3.05, 3.63) is 79.4 Å². The number of aryl methyl sites for hydroxylation is 2. The van der Waals surface area contributed by atoms with Gasteiger partial charge in [-0.1, -0.05) is 23.3 Å². The number of hydrogen-bond donors (Lipinski definition) is 4. The van der Waals surface area contributed by atoms with Gasteiger partial charge in [0.05, 0.1) is 22.2 Å². The molecule has 0 saturated carbocycles. The van der Waals surface area contributed by atoms with E-state index in [0.29, 0.717) is 21.8 Å². The smallest absolute Gasteiger partial charge is 0.255 e. The Bertz CT molecular complexity index is 1230. The van der Waals surface area contributed by atoms with Gasteiger partial charge >= 0.3 is 0 Å². The van der Waals surface area contributed by atoms with Crippen LogP contribution in [0.4, 0.5) is 0 Å². The molecular formula is C21H18N2O4. The summed E-state index contributed by atoms with van der Waals surface area (Å²) in [6, 6.07) is 10.6. The van der Waals surface area contributed by atoms with Crippen LogP contribution in [-0.4, -0.2) is 20.2 Å². The highest BCUT2D eigenvalue weighted by atomic mass is 16.3. The molecule has 0 unspecified atom stereocenters. The molecular weight excluding hydrogens is 344 g/mol. The summed E-state index contributed by atoms with van der Waals surface area (Å²) < 4.78 is 0. The average molecular weight is 362 g/mol. The average Bonchev–Trinajstić information content (AvgIpc) is 2.62. The fourth-order valence-corrected chi connectivity index (χ4v) is 3.37. The van der Waals surface area contributed by atoms with E-state index in [1.807, 2.05) is 26.0 Å². The number of benzene rings is 2. The number of rotatable bonds is 2. The lowest BCUT2D eigenvalue weighted by molar-refractivity contribution is 0.467. The van der Waals surface area contributed by atoms with E-state index in [-0.39, 0.29) is 29.0 Å². The minimum atomic E-state index is -0.494. The van der Waals surface area contributed by atoms with Crippen LogP contribution in [0.5, 0.6) is 11.5 Å². The lowest BCUT2D eigenvalue weighted by Gasteiger charge is -2.11. The van der Waals surface area contributed by atoms with Crippen molar-refractivity contribution in [1.29, 1.82) is 0 Å². The summed E-state index contributed by atoms with van der Waals surface area (Å²) in [5.41, 5.74) is 1.98. The Hall–Kier alpha value is -3.54. The zero-order valence-corrected chi connectivity index (χ0v) is 14.9. The van der Waals surface area contributed by atoms with Crippen molar-refractivity contribution in [2.75, 3.05) is 0 Å². The van der Waals surface area contributed by atoms with Gasteiger partial charge in [-0.05, 0) is 38.1 Å². The second-order valence-electron chi connectivity index (χ2n) is 6.84. The van der Waals surface area contributed by atoms with Crippen molar-refractivity contribution >= 4 is 21.8 Å². The minimum Gasteiger partial charge on any atom is -0.507 e. The van der Waals surface area contributed by atoms with Crippen LogP contribution in [0.15, 0.2) is 46.0 Å². The van der Waals surface area contributed by atoms with Gasteiger partial charge in [-0.15, -0.1) is 0 Å². The van der Waals surface area contributed by atoms with Crippen LogP contribution in [0, 0.1) is 13.8 Å². The highest BCUT2D eigenvalue weighted by molar-refractivity contribution is 5.88. The molecule has 0 atom stereocenters. The van der Waals surface area contributed by atoms with Gasteiger partial charge in [0.2, 0.25) is 0 Å². The molecule has 0 radical (unpaired) electrons. The van der Waals surface area contributed by atoms with Crippen molar-refractivity contribution < 1.29 is 10.2 Å². The van der Waals surface area contributed by atoms with E-state index in [2.05, 4.69) is 9.97 Å².